The normalized spacial score (nSPS) is 16.8. The largest absolute Gasteiger partial charge is 0.361 e. The minimum Gasteiger partial charge on any atom is -0.361 e. The van der Waals surface area contributed by atoms with Gasteiger partial charge in [-0.05, 0) is 51.2 Å². The van der Waals surface area contributed by atoms with Crippen molar-refractivity contribution < 1.29 is 14.1 Å². The molecular formula is C21H26ClN3O3. The highest BCUT2D eigenvalue weighted by Crippen LogP contribution is 2.20. The molecule has 2 aromatic rings. The highest BCUT2D eigenvalue weighted by molar-refractivity contribution is 6.33. The Morgan fingerprint density at radius 2 is 2.11 bits per heavy atom. The molecule has 1 saturated heterocycles. The number of amides is 2. The average molecular weight is 404 g/mol. The Morgan fingerprint density at radius 3 is 2.82 bits per heavy atom. The molecule has 0 aliphatic carbocycles. The first kappa shape index (κ1) is 20.4. The maximum Gasteiger partial charge on any atom is 0.252 e. The Labute approximate surface area is 170 Å². The third-order valence-electron chi connectivity index (χ3n) is 5.31. The van der Waals surface area contributed by atoms with E-state index in [-0.39, 0.29) is 17.7 Å². The summed E-state index contributed by atoms with van der Waals surface area (Å²) in [7, 11) is 0. The summed E-state index contributed by atoms with van der Waals surface area (Å²) in [6.07, 6.45) is 3.03. The average Bonchev–Trinajstić information content (AvgIpc) is 3.02. The molecular weight excluding hydrogens is 378 g/mol. The lowest BCUT2D eigenvalue weighted by Gasteiger charge is -2.33. The van der Waals surface area contributed by atoms with Crippen molar-refractivity contribution in [1.82, 2.24) is 15.4 Å². The van der Waals surface area contributed by atoms with Gasteiger partial charge >= 0.3 is 0 Å². The van der Waals surface area contributed by atoms with E-state index >= 15 is 0 Å². The van der Waals surface area contributed by atoms with Gasteiger partial charge in [0.25, 0.3) is 5.91 Å². The van der Waals surface area contributed by atoms with Crippen molar-refractivity contribution >= 4 is 23.4 Å². The van der Waals surface area contributed by atoms with Gasteiger partial charge in [-0.15, -0.1) is 0 Å². The summed E-state index contributed by atoms with van der Waals surface area (Å²) in [6.45, 7) is 5.75. The number of halogens is 1. The molecule has 6 nitrogen and oxygen atoms in total. The third kappa shape index (κ3) is 4.93. The number of nitrogens with zero attached hydrogens (tertiary/aromatic N) is 2. The lowest BCUT2D eigenvalue weighted by Crippen LogP contribution is -2.43. The number of aromatic nitrogens is 1. The molecule has 1 aromatic heterocycles. The van der Waals surface area contributed by atoms with Gasteiger partial charge in [-0.3, -0.25) is 9.59 Å². The first-order valence-corrected chi connectivity index (χ1v) is 10.1. The Bertz CT molecular complexity index is 830. The first-order valence-electron chi connectivity index (χ1n) is 9.68. The third-order valence-corrected chi connectivity index (χ3v) is 5.64. The van der Waals surface area contributed by atoms with Crippen LogP contribution in [0.25, 0.3) is 0 Å². The molecule has 1 N–H and O–H groups in total. The second-order valence-corrected chi connectivity index (χ2v) is 7.75. The molecule has 2 heterocycles. The van der Waals surface area contributed by atoms with Crippen LogP contribution in [0.4, 0.5) is 0 Å². The van der Waals surface area contributed by atoms with Gasteiger partial charge in [-0.2, -0.15) is 0 Å². The van der Waals surface area contributed by atoms with Crippen molar-refractivity contribution in [2.75, 3.05) is 19.6 Å². The standard InChI is InChI=1S/C21H26ClN3O3/c1-14-17(15(2)28-24-14)9-10-20(26)25-11-5-6-16(13-25)12-23-21(27)18-7-3-4-8-19(18)22/h3-4,7-8,16H,5-6,9-13H2,1-2H3,(H,23,27). The van der Waals surface area contributed by atoms with E-state index in [1.54, 1.807) is 24.3 Å². The SMILES string of the molecule is Cc1noc(C)c1CCC(=O)N1CCCC(CNC(=O)c2ccccc2Cl)C1. The van der Waals surface area contributed by atoms with Crippen LogP contribution in [0.5, 0.6) is 0 Å². The van der Waals surface area contributed by atoms with E-state index < -0.39 is 0 Å². The van der Waals surface area contributed by atoms with Crippen molar-refractivity contribution in [2.24, 2.45) is 5.92 Å². The summed E-state index contributed by atoms with van der Waals surface area (Å²) in [5.74, 6) is 1.00. The number of carbonyl (C=O) groups is 2. The molecule has 1 aliphatic rings. The molecule has 2 amide bonds. The fourth-order valence-corrected chi connectivity index (χ4v) is 3.91. The molecule has 3 rings (SSSR count). The van der Waals surface area contributed by atoms with Crippen LogP contribution in [0.15, 0.2) is 28.8 Å². The minimum absolute atomic E-state index is 0.141. The number of aryl methyl sites for hydroxylation is 2. The molecule has 1 unspecified atom stereocenters. The predicted octanol–water partition coefficient (Wildman–Crippen LogP) is 3.55. The Balaban J connectivity index is 1.49. The number of benzene rings is 1. The van der Waals surface area contributed by atoms with Crippen LogP contribution in [0, 0.1) is 19.8 Å². The summed E-state index contributed by atoms with van der Waals surface area (Å²) < 4.78 is 5.16. The lowest BCUT2D eigenvalue weighted by atomic mass is 9.97. The summed E-state index contributed by atoms with van der Waals surface area (Å²) in [5.41, 5.74) is 2.35. The molecule has 0 bridgehead atoms. The lowest BCUT2D eigenvalue weighted by molar-refractivity contribution is -0.132. The van der Waals surface area contributed by atoms with Crippen molar-refractivity contribution in [3.63, 3.8) is 0 Å². The molecule has 1 atom stereocenters. The van der Waals surface area contributed by atoms with Crippen LogP contribution in [-0.4, -0.2) is 41.5 Å². The minimum atomic E-state index is -0.174. The predicted molar refractivity (Wildman–Crippen MR) is 107 cm³/mol. The number of piperidine rings is 1. The molecule has 0 saturated carbocycles. The van der Waals surface area contributed by atoms with Crippen LogP contribution >= 0.6 is 11.6 Å². The molecule has 0 spiro atoms. The van der Waals surface area contributed by atoms with Crippen LogP contribution < -0.4 is 5.32 Å². The van der Waals surface area contributed by atoms with Gasteiger partial charge in [0.2, 0.25) is 5.91 Å². The Kier molecular flexibility index (Phi) is 6.73. The second kappa shape index (κ2) is 9.24. The summed E-state index contributed by atoms with van der Waals surface area (Å²) in [6, 6.07) is 7.01. The Hall–Kier alpha value is -2.34. The van der Waals surface area contributed by atoms with Gasteiger partial charge in [0, 0.05) is 31.6 Å². The molecule has 0 radical (unpaired) electrons. The Morgan fingerprint density at radius 1 is 1.32 bits per heavy atom. The van der Waals surface area contributed by atoms with E-state index in [4.69, 9.17) is 16.1 Å². The van der Waals surface area contributed by atoms with Gasteiger partial charge in [-0.1, -0.05) is 28.9 Å². The molecule has 150 valence electrons. The monoisotopic (exact) mass is 403 g/mol. The highest BCUT2D eigenvalue weighted by Gasteiger charge is 2.24. The van der Waals surface area contributed by atoms with Crippen molar-refractivity contribution in [1.29, 1.82) is 0 Å². The highest BCUT2D eigenvalue weighted by atomic mass is 35.5. The van der Waals surface area contributed by atoms with Crippen molar-refractivity contribution in [3.8, 4) is 0 Å². The first-order chi connectivity index (χ1) is 13.5. The zero-order valence-corrected chi connectivity index (χ0v) is 17.1. The maximum atomic E-state index is 12.6. The number of nitrogens with one attached hydrogen (secondary N) is 1. The van der Waals surface area contributed by atoms with Crippen LogP contribution in [0.1, 0.15) is 46.6 Å². The van der Waals surface area contributed by atoms with Gasteiger partial charge < -0.3 is 14.7 Å². The number of carbonyl (C=O) groups excluding carboxylic acids is 2. The molecule has 1 aliphatic heterocycles. The number of rotatable bonds is 6. The zero-order valence-electron chi connectivity index (χ0n) is 16.3. The van der Waals surface area contributed by atoms with Gasteiger partial charge in [0.05, 0.1) is 16.3 Å². The topological polar surface area (TPSA) is 75.4 Å². The summed E-state index contributed by atoms with van der Waals surface area (Å²) in [5, 5.41) is 7.34. The fraction of sp³-hybridized carbons (Fsp3) is 0.476. The van der Waals surface area contributed by atoms with Crippen LogP contribution in [0.3, 0.4) is 0 Å². The summed E-state index contributed by atoms with van der Waals surface area (Å²) in [4.78, 5) is 26.9. The summed E-state index contributed by atoms with van der Waals surface area (Å²) >= 11 is 6.08. The molecule has 28 heavy (non-hydrogen) atoms. The molecule has 7 heteroatoms. The van der Waals surface area contributed by atoms with Gasteiger partial charge in [0.1, 0.15) is 5.76 Å². The van der Waals surface area contributed by atoms with E-state index in [0.29, 0.717) is 36.5 Å². The van der Waals surface area contributed by atoms with Crippen molar-refractivity contribution in [3.05, 3.63) is 51.9 Å². The molecule has 1 aromatic carbocycles. The smallest absolute Gasteiger partial charge is 0.252 e. The van der Waals surface area contributed by atoms with E-state index in [1.165, 1.54) is 0 Å². The van der Waals surface area contributed by atoms with E-state index in [9.17, 15) is 9.59 Å². The van der Waals surface area contributed by atoms with E-state index in [2.05, 4.69) is 10.5 Å². The van der Waals surface area contributed by atoms with Gasteiger partial charge in [-0.25, -0.2) is 0 Å². The van der Waals surface area contributed by atoms with E-state index in [1.807, 2.05) is 18.7 Å². The molecule has 1 fully saturated rings. The number of likely N-dealkylation sites (tertiary alicyclic amines) is 1. The van der Waals surface area contributed by atoms with Crippen LogP contribution in [0.2, 0.25) is 5.02 Å². The van der Waals surface area contributed by atoms with Gasteiger partial charge in [0.15, 0.2) is 0 Å². The quantitative estimate of drug-likeness (QED) is 0.800. The zero-order chi connectivity index (χ0) is 20.1. The number of hydrogen-bond acceptors (Lipinski definition) is 4. The van der Waals surface area contributed by atoms with Crippen LogP contribution in [-0.2, 0) is 11.2 Å². The number of hydrogen-bond donors (Lipinski definition) is 1. The fourth-order valence-electron chi connectivity index (χ4n) is 3.68. The second-order valence-electron chi connectivity index (χ2n) is 7.34. The maximum absolute atomic E-state index is 12.6. The van der Waals surface area contributed by atoms with E-state index in [0.717, 1.165) is 36.4 Å². The van der Waals surface area contributed by atoms with Crippen molar-refractivity contribution in [2.45, 2.75) is 39.5 Å².